The molecular formula is C18H19NS. The highest BCUT2D eigenvalue weighted by Crippen LogP contribution is 2.35. The van der Waals surface area contributed by atoms with Crippen molar-refractivity contribution in [2.75, 3.05) is 0 Å². The first kappa shape index (κ1) is 13.4. The number of benzene rings is 2. The molecule has 1 unspecified atom stereocenters. The lowest BCUT2D eigenvalue weighted by atomic mass is 9.83. The Labute approximate surface area is 124 Å². The molecule has 20 heavy (non-hydrogen) atoms. The van der Waals surface area contributed by atoms with Crippen LogP contribution in [0.2, 0.25) is 0 Å². The fraction of sp³-hybridized carbons (Fsp3) is 0.278. The van der Waals surface area contributed by atoms with Crippen molar-refractivity contribution in [1.29, 1.82) is 5.41 Å². The van der Waals surface area contributed by atoms with E-state index < -0.39 is 0 Å². The molecule has 1 atom stereocenters. The van der Waals surface area contributed by atoms with Gasteiger partial charge in [-0.15, -0.1) is 0 Å². The van der Waals surface area contributed by atoms with E-state index in [1.54, 1.807) is 6.21 Å². The van der Waals surface area contributed by atoms with Crippen molar-refractivity contribution in [1.82, 2.24) is 0 Å². The molecule has 0 spiro atoms. The normalized spacial score (nSPS) is 17.6. The number of aryl methyl sites for hydroxylation is 2. The van der Waals surface area contributed by atoms with Crippen LogP contribution in [-0.4, -0.2) is 6.21 Å². The summed E-state index contributed by atoms with van der Waals surface area (Å²) in [6.07, 6.45) is 5.08. The van der Waals surface area contributed by atoms with Gasteiger partial charge in [-0.05, 0) is 61.6 Å². The van der Waals surface area contributed by atoms with E-state index >= 15 is 0 Å². The van der Waals surface area contributed by atoms with Crippen LogP contribution in [-0.2, 0) is 6.42 Å². The Bertz CT molecular complexity index is 633. The maximum atomic E-state index is 7.55. The molecule has 1 aliphatic carbocycles. The summed E-state index contributed by atoms with van der Waals surface area (Å²) in [6.45, 7) is 2.13. The van der Waals surface area contributed by atoms with Crippen LogP contribution >= 0.6 is 11.8 Å². The van der Waals surface area contributed by atoms with Gasteiger partial charge >= 0.3 is 0 Å². The van der Waals surface area contributed by atoms with E-state index in [9.17, 15) is 0 Å². The van der Waals surface area contributed by atoms with Crippen molar-refractivity contribution in [3.63, 3.8) is 0 Å². The SMILES string of the molecule is Cc1cccc(Sc2ccc3c(c2)CCCC3C=N)c1. The van der Waals surface area contributed by atoms with Crippen molar-refractivity contribution in [3.05, 3.63) is 59.2 Å². The van der Waals surface area contributed by atoms with Gasteiger partial charge in [0.05, 0.1) is 0 Å². The average molecular weight is 281 g/mol. The van der Waals surface area contributed by atoms with Crippen molar-refractivity contribution in [2.45, 2.75) is 41.9 Å². The van der Waals surface area contributed by atoms with Gasteiger partial charge in [0.15, 0.2) is 0 Å². The Morgan fingerprint density at radius 1 is 1.15 bits per heavy atom. The summed E-state index contributed by atoms with van der Waals surface area (Å²) in [5.41, 5.74) is 4.10. The summed E-state index contributed by atoms with van der Waals surface area (Å²) in [4.78, 5) is 2.60. The van der Waals surface area contributed by atoms with Crippen LogP contribution in [0, 0.1) is 12.3 Å². The summed E-state index contributed by atoms with van der Waals surface area (Å²) in [5.74, 6) is 0.330. The second-order valence-corrected chi connectivity index (χ2v) is 6.59. The van der Waals surface area contributed by atoms with Crippen LogP contribution in [0.25, 0.3) is 0 Å². The summed E-state index contributed by atoms with van der Waals surface area (Å²) in [5, 5.41) is 7.55. The second-order valence-electron chi connectivity index (χ2n) is 5.44. The smallest absolute Gasteiger partial charge is 0.0189 e. The van der Waals surface area contributed by atoms with Crippen LogP contribution in [0.3, 0.4) is 0 Å². The van der Waals surface area contributed by atoms with Crippen molar-refractivity contribution >= 4 is 18.0 Å². The fourth-order valence-corrected chi connectivity index (χ4v) is 3.88. The third-order valence-electron chi connectivity index (χ3n) is 3.90. The molecule has 1 N–H and O–H groups in total. The number of hydrogen-bond donors (Lipinski definition) is 1. The van der Waals surface area contributed by atoms with Gasteiger partial charge < -0.3 is 5.41 Å². The van der Waals surface area contributed by atoms with Gasteiger partial charge in [0.1, 0.15) is 0 Å². The molecule has 3 rings (SSSR count). The summed E-state index contributed by atoms with van der Waals surface area (Å²) in [6, 6.07) is 15.4. The van der Waals surface area contributed by atoms with Gasteiger partial charge in [-0.25, -0.2) is 0 Å². The van der Waals surface area contributed by atoms with E-state index in [1.165, 1.54) is 32.9 Å². The van der Waals surface area contributed by atoms with E-state index in [1.807, 2.05) is 11.8 Å². The van der Waals surface area contributed by atoms with E-state index in [0.717, 1.165) is 12.8 Å². The Morgan fingerprint density at radius 2 is 2.00 bits per heavy atom. The maximum Gasteiger partial charge on any atom is 0.0189 e. The molecule has 1 aliphatic rings. The minimum Gasteiger partial charge on any atom is -0.312 e. The zero-order valence-corrected chi connectivity index (χ0v) is 12.5. The molecule has 0 aliphatic heterocycles. The molecule has 0 radical (unpaired) electrons. The first-order valence-electron chi connectivity index (χ1n) is 7.14. The number of hydrogen-bond acceptors (Lipinski definition) is 2. The second kappa shape index (κ2) is 5.84. The maximum absolute atomic E-state index is 7.55. The Kier molecular flexibility index (Phi) is 3.93. The van der Waals surface area contributed by atoms with Gasteiger partial charge in [0, 0.05) is 21.9 Å². The van der Waals surface area contributed by atoms with Gasteiger partial charge in [-0.1, -0.05) is 35.5 Å². The molecule has 1 nitrogen and oxygen atoms in total. The molecule has 0 amide bonds. The lowest BCUT2D eigenvalue weighted by molar-refractivity contribution is 0.653. The standard InChI is InChI=1S/C18H19NS/c1-13-4-2-7-16(10-13)20-17-8-9-18-14(11-17)5-3-6-15(18)12-19/h2,4,7-12,15,19H,3,5-6H2,1H3. The van der Waals surface area contributed by atoms with Crippen molar-refractivity contribution in [3.8, 4) is 0 Å². The molecule has 2 heteroatoms. The quantitative estimate of drug-likeness (QED) is 0.767. The van der Waals surface area contributed by atoms with Crippen LogP contribution in [0.5, 0.6) is 0 Å². The highest BCUT2D eigenvalue weighted by Gasteiger charge is 2.18. The van der Waals surface area contributed by atoms with E-state index in [4.69, 9.17) is 5.41 Å². The number of rotatable bonds is 3. The molecule has 0 heterocycles. The summed E-state index contributed by atoms with van der Waals surface area (Å²) < 4.78 is 0. The average Bonchev–Trinajstić information content (AvgIpc) is 2.46. The summed E-state index contributed by atoms with van der Waals surface area (Å²) in [7, 11) is 0. The van der Waals surface area contributed by atoms with Crippen LogP contribution in [0.1, 0.15) is 35.4 Å². The van der Waals surface area contributed by atoms with Crippen LogP contribution < -0.4 is 0 Å². The van der Waals surface area contributed by atoms with E-state index in [0.29, 0.717) is 5.92 Å². The molecule has 2 aromatic carbocycles. The van der Waals surface area contributed by atoms with Crippen molar-refractivity contribution < 1.29 is 0 Å². The fourth-order valence-electron chi connectivity index (χ4n) is 2.88. The van der Waals surface area contributed by atoms with Gasteiger partial charge in [-0.3, -0.25) is 0 Å². The third kappa shape index (κ3) is 2.80. The molecule has 102 valence electrons. The highest BCUT2D eigenvalue weighted by molar-refractivity contribution is 7.99. The minimum absolute atomic E-state index is 0.330. The predicted molar refractivity (Wildman–Crippen MR) is 86.2 cm³/mol. The predicted octanol–water partition coefficient (Wildman–Crippen LogP) is 5.22. The highest BCUT2D eigenvalue weighted by atomic mass is 32.2. The van der Waals surface area contributed by atoms with E-state index in [2.05, 4.69) is 49.4 Å². The number of fused-ring (bicyclic) bond motifs is 1. The molecular weight excluding hydrogens is 262 g/mol. The summed E-state index contributed by atoms with van der Waals surface area (Å²) >= 11 is 1.83. The van der Waals surface area contributed by atoms with Crippen LogP contribution in [0.15, 0.2) is 52.3 Å². The zero-order chi connectivity index (χ0) is 13.9. The molecule has 0 bridgehead atoms. The largest absolute Gasteiger partial charge is 0.312 e. The molecule has 0 saturated heterocycles. The Balaban J connectivity index is 1.87. The zero-order valence-electron chi connectivity index (χ0n) is 11.7. The molecule has 0 aromatic heterocycles. The number of nitrogens with one attached hydrogen (secondary N) is 1. The molecule has 0 saturated carbocycles. The first-order valence-corrected chi connectivity index (χ1v) is 7.96. The van der Waals surface area contributed by atoms with Gasteiger partial charge in [0.2, 0.25) is 0 Å². The monoisotopic (exact) mass is 281 g/mol. The lowest BCUT2D eigenvalue weighted by Gasteiger charge is -2.22. The first-order chi connectivity index (χ1) is 9.76. The van der Waals surface area contributed by atoms with Crippen LogP contribution in [0.4, 0.5) is 0 Å². The topological polar surface area (TPSA) is 23.9 Å². The molecule has 0 fully saturated rings. The third-order valence-corrected chi connectivity index (χ3v) is 4.88. The van der Waals surface area contributed by atoms with Crippen molar-refractivity contribution in [2.24, 2.45) is 0 Å². The van der Waals surface area contributed by atoms with Gasteiger partial charge in [0.25, 0.3) is 0 Å². The minimum atomic E-state index is 0.330. The van der Waals surface area contributed by atoms with Gasteiger partial charge in [-0.2, -0.15) is 0 Å². The van der Waals surface area contributed by atoms with E-state index in [-0.39, 0.29) is 0 Å². The molecule has 2 aromatic rings. The Morgan fingerprint density at radius 3 is 2.80 bits per heavy atom. The lowest BCUT2D eigenvalue weighted by Crippen LogP contribution is -2.10. The Hall–Kier alpha value is -1.54.